The number of carbonyl (C=O) groups is 1. The van der Waals surface area contributed by atoms with Crippen LogP contribution < -0.4 is 0 Å². The van der Waals surface area contributed by atoms with Gasteiger partial charge in [-0.25, -0.2) is 4.79 Å². The van der Waals surface area contributed by atoms with Gasteiger partial charge in [0.05, 0.1) is 0 Å². The van der Waals surface area contributed by atoms with Crippen LogP contribution in [0.5, 0.6) is 0 Å². The minimum absolute atomic E-state index is 0.102. The molecule has 0 aliphatic rings. The highest BCUT2D eigenvalue weighted by Gasteiger charge is 1.95. The van der Waals surface area contributed by atoms with Gasteiger partial charge in [0.2, 0.25) is 0 Å². The van der Waals surface area contributed by atoms with Gasteiger partial charge >= 0.3 is 5.97 Å². The normalized spacial score (nSPS) is 13.8. The molecule has 2 N–H and O–H groups in total. The second kappa shape index (κ2) is 4.99. The Morgan fingerprint density at radius 1 is 1.70 bits per heavy atom. The highest BCUT2D eigenvalue weighted by molar-refractivity contribution is 5.79. The van der Waals surface area contributed by atoms with Crippen molar-refractivity contribution in [2.75, 3.05) is 6.61 Å². The van der Waals surface area contributed by atoms with Crippen LogP contribution >= 0.6 is 0 Å². The molecule has 0 unspecified atom stereocenters. The highest BCUT2D eigenvalue weighted by atomic mass is 16.4. The molecule has 0 amide bonds. The predicted molar refractivity (Wildman–Crippen MR) is 37.6 cm³/mol. The molecular formula is C7H12O3. The molecule has 0 spiro atoms. The Morgan fingerprint density at radius 3 is 2.70 bits per heavy atom. The number of hydrogen-bond donors (Lipinski definition) is 2. The Labute approximate surface area is 60.0 Å². The second-order valence-corrected chi connectivity index (χ2v) is 2.19. The van der Waals surface area contributed by atoms with E-state index in [4.69, 9.17) is 10.2 Å². The van der Waals surface area contributed by atoms with Crippen LogP contribution in [0.1, 0.15) is 13.3 Å². The molecule has 0 aromatic carbocycles. The number of allylic oxidation sites excluding steroid dienone is 1. The van der Waals surface area contributed by atoms with Gasteiger partial charge in [0.25, 0.3) is 0 Å². The summed E-state index contributed by atoms with van der Waals surface area (Å²) in [5, 5.41) is 16.6. The number of aliphatic carboxylic acids is 1. The molecule has 0 radical (unpaired) electrons. The van der Waals surface area contributed by atoms with Gasteiger partial charge in [-0.05, 0) is 12.3 Å². The van der Waals surface area contributed by atoms with E-state index >= 15 is 0 Å². The van der Waals surface area contributed by atoms with Gasteiger partial charge in [-0.15, -0.1) is 0 Å². The van der Waals surface area contributed by atoms with E-state index in [1.165, 1.54) is 0 Å². The van der Waals surface area contributed by atoms with E-state index in [1.54, 1.807) is 6.08 Å². The molecule has 0 bridgehead atoms. The molecule has 0 aromatic heterocycles. The first kappa shape index (κ1) is 9.17. The summed E-state index contributed by atoms with van der Waals surface area (Å²) in [6.45, 7) is 1.96. The third-order valence-electron chi connectivity index (χ3n) is 1.15. The molecule has 3 heteroatoms. The number of carboxylic acids is 1. The first-order valence-corrected chi connectivity index (χ1v) is 3.18. The number of carboxylic acid groups (broad SMARTS) is 1. The lowest BCUT2D eigenvalue weighted by atomic mass is 10.1. The van der Waals surface area contributed by atoms with Crippen LogP contribution in [-0.2, 0) is 4.79 Å². The van der Waals surface area contributed by atoms with E-state index in [2.05, 4.69) is 0 Å². The molecule has 10 heavy (non-hydrogen) atoms. The molecule has 0 fully saturated rings. The number of rotatable bonds is 4. The molecular weight excluding hydrogens is 132 g/mol. The monoisotopic (exact) mass is 144 g/mol. The van der Waals surface area contributed by atoms with Gasteiger partial charge in [0, 0.05) is 12.7 Å². The third kappa shape index (κ3) is 5.31. The van der Waals surface area contributed by atoms with Crippen LogP contribution in [0, 0.1) is 5.92 Å². The van der Waals surface area contributed by atoms with Gasteiger partial charge in [-0.3, -0.25) is 0 Å². The summed E-state index contributed by atoms with van der Waals surface area (Å²) in [7, 11) is 0. The van der Waals surface area contributed by atoms with Crippen molar-refractivity contribution < 1.29 is 15.0 Å². The highest BCUT2D eigenvalue weighted by Crippen LogP contribution is 2.01. The van der Waals surface area contributed by atoms with Crippen molar-refractivity contribution in [1.29, 1.82) is 0 Å². The van der Waals surface area contributed by atoms with Crippen LogP contribution in [-0.4, -0.2) is 22.8 Å². The standard InChI is InChI=1S/C7H12O3/c1-6(4-5-8)2-3-7(9)10/h2-3,6,8H,4-5H2,1H3,(H,9,10)/b3-2+/t6-/m1/s1. The molecule has 0 saturated heterocycles. The van der Waals surface area contributed by atoms with E-state index in [0.29, 0.717) is 6.42 Å². The fourth-order valence-corrected chi connectivity index (χ4v) is 0.546. The molecule has 58 valence electrons. The van der Waals surface area contributed by atoms with Gasteiger partial charge < -0.3 is 10.2 Å². The zero-order valence-corrected chi connectivity index (χ0v) is 5.95. The van der Waals surface area contributed by atoms with Crippen LogP contribution in [0.2, 0.25) is 0 Å². The number of aliphatic hydroxyl groups excluding tert-OH is 1. The lowest BCUT2D eigenvalue weighted by Gasteiger charge is -1.99. The van der Waals surface area contributed by atoms with E-state index in [9.17, 15) is 4.79 Å². The molecule has 0 aliphatic carbocycles. The molecule has 0 heterocycles. The van der Waals surface area contributed by atoms with Crippen molar-refractivity contribution in [3.05, 3.63) is 12.2 Å². The van der Waals surface area contributed by atoms with Crippen molar-refractivity contribution in [3.8, 4) is 0 Å². The Morgan fingerprint density at radius 2 is 2.30 bits per heavy atom. The van der Waals surface area contributed by atoms with E-state index < -0.39 is 5.97 Å². The molecule has 3 nitrogen and oxygen atoms in total. The van der Waals surface area contributed by atoms with Crippen LogP contribution in [0.25, 0.3) is 0 Å². The Balaban J connectivity index is 3.55. The maximum absolute atomic E-state index is 9.96. The van der Waals surface area contributed by atoms with Crippen molar-refractivity contribution in [2.45, 2.75) is 13.3 Å². The number of aliphatic hydroxyl groups is 1. The molecule has 0 rings (SSSR count). The van der Waals surface area contributed by atoms with Crippen molar-refractivity contribution in [1.82, 2.24) is 0 Å². The van der Waals surface area contributed by atoms with Gasteiger partial charge in [0.15, 0.2) is 0 Å². The Bertz CT molecular complexity index is 129. The Kier molecular flexibility index (Phi) is 4.58. The van der Waals surface area contributed by atoms with E-state index in [1.807, 2.05) is 6.92 Å². The van der Waals surface area contributed by atoms with Crippen LogP contribution in [0.3, 0.4) is 0 Å². The summed E-state index contributed by atoms with van der Waals surface area (Å²) < 4.78 is 0. The topological polar surface area (TPSA) is 57.5 Å². The summed E-state index contributed by atoms with van der Waals surface area (Å²) in [5.74, 6) is -0.800. The average molecular weight is 144 g/mol. The van der Waals surface area contributed by atoms with Crippen molar-refractivity contribution >= 4 is 5.97 Å². The lowest BCUT2D eigenvalue weighted by molar-refractivity contribution is -0.131. The quantitative estimate of drug-likeness (QED) is 0.569. The van der Waals surface area contributed by atoms with Crippen LogP contribution in [0.15, 0.2) is 12.2 Å². The fourth-order valence-electron chi connectivity index (χ4n) is 0.546. The molecule has 0 aromatic rings. The largest absolute Gasteiger partial charge is 0.478 e. The molecule has 1 atom stereocenters. The smallest absolute Gasteiger partial charge is 0.327 e. The average Bonchev–Trinajstić information content (AvgIpc) is 1.85. The van der Waals surface area contributed by atoms with Crippen molar-refractivity contribution in [3.63, 3.8) is 0 Å². The summed E-state index contributed by atoms with van der Waals surface area (Å²) in [5.41, 5.74) is 0. The Hall–Kier alpha value is -0.830. The van der Waals surface area contributed by atoms with E-state index in [-0.39, 0.29) is 12.5 Å². The van der Waals surface area contributed by atoms with Crippen molar-refractivity contribution in [2.24, 2.45) is 5.92 Å². The predicted octanol–water partition coefficient (Wildman–Crippen LogP) is 0.646. The number of hydrogen-bond acceptors (Lipinski definition) is 2. The van der Waals surface area contributed by atoms with Gasteiger partial charge in [0.1, 0.15) is 0 Å². The van der Waals surface area contributed by atoms with Gasteiger partial charge in [-0.1, -0.05) is 13.0 Å². The first-order valence-electron chi connectivity index (χ1n) is 3.18. The minimum Gasteiger partial charge on any atom is -0.478 e. The lowest BCUT2D eigenvalue weighted by Crippen LogP contribution is -1.95. The van der Waals surface area contributed by atoms with Crippen LogP contribution in [0.4, 0.5) is 0 Å². The summed E-state index contributed by atoms with van der Waals surface area (Å²) in [4.78, 5) is 9.96. The maximum atomic E-state index is 9.96. The first-order chi connectivity index (χ1) is 4.66. The SMILES string of the molecule is C[C@H](/C=C/C(=O)O)CCO. The summed E-state index contributed by atoms with van der Waals surface area (Å²) >= 11 is 0. The summed E-state index contributed by atoms with van der Waals surface area (Å²) in [6.07, 6.45) is 3.28. The zero-order valence-electron chi connectivity index (χ0n) is 5.95. The van der Waals surface area contributed by atoms with E-state index in [0.717, 1.165) is 6.08 Å². The molecule has 0 aliphatic heterocycles. The molecule has 0 saturated carbocycles. The minimum atomic E-state index is -0.940. The summed E-state index contributed by atoms with van der Waals surface area (Å²) in [6, 6.07) is 0. The second-order valence-electron chi connectivity index (χ2n) is 2.19. The van der Waals surface area contributed by atoms with Gasteiger partial charge in [-0.2, -0.15) is 0 Å². The zero-order chi connectivity index (χ0) is 7.98. The maximum Gasteiger partial charge on any atom is 0.327 e. The third-order valence-corrected chi connectivity index (χ3v) is 1.15. The fraction of sp³-hybridized carbons (Fsp3) is 0.571.